The van der Waals surface area contributed by atoms with E-state index in [0.29, 0.717) is 12.1 Å². The van der Waals surface area contributed by atoms with Gasteiger partial charge in [0.1, 0.15) is 17.3 Å². The quantitative estimate of drug-likeness (QED) is 0.781. The Morgan fingerprint density at radius 2 is 2.33 bits per heavy atom. The normalized spacial score (nSPS) is 27.9. The lowest BCUT2D eigenvalue weighted by Gasteiger charge is -2.37. The van der Waals surface area contributed by atoms with Crippen LogP contribution in [0.15, 0.2) is 6.07 Å². The third kappa shape index (κ3) is 1.69. The first-order valence-corrected chi connectivity index (χ1v) is 6.44. The number of aromatic nitrogens is 1. The predicted octanol–water partition coefficient (Wildman–Crippen LogP) is 0.997. The van der Waals surface area contributed by atoms with Crippen LogP contribution in [0, 0.1) is 5.82 Å². The second-order valence-electron chi connectivity index (χ2n) is 5.29. The first-order valence-electron chi connectivity index (χ1n) is 6.44. The van der Waals surface area contributed by atoms with E-state index in [2.05, 4.69) is 22.1 Å². The molecule has 1 saturated heterocycles. The number of hydrogen-bond donors (Lipinski definition) is 2. The van der Waals surface area contributed by atoms with Crippen molar-refractivity contribution < 1.29 is 9.50 Å². The summed E-state index contributed by atoms with van der Waals surface area (Å²) in [5.41, 5.74) is 1.11. The number of rotatable bonds is 1. The fourth-order valence-corrected chi connectivity index (χ4v) is 3.02. The molecule has 0 spiro atoms. The number of hydrogen-bond acceptors (Lipinski definition) is 4. The molecule has 3 rings (SSSR count). The van der Waals surface area contributed by atoms with Crippen LogP contribution in [0.5, 0.6) is 0 Å². The SMILES string of the molecule is C[C@H](O)c1nc2c(cc1F)C[C@@H]1CNC[C@@H](C)N21. The van der Waals surface area contributed by atoms with Gasteiger partial charge in [-0.25, -0.2) is 9.37 Å². The Morgan fingerprint density at radius 1 is 1.56 bits per heavy atom. The summed E-state index contributed by atoms with van der Waals surface area (Å²) >= 11 is 0. The number of anilines is 1. The van der Waals surface area contributed by atoms with Crippen molar-refractivity contribution in [1.29, 1.82) is 0 Å². The Hall–Kier alpha value is -1.20. The molecule has 1 fully saturated rings. The second kappa shape index (κ2) is 4.17. The zero-order valence-corrected chi connectivity index (χ0v) is 10.7. The van der Waals surface area contributed by atoms with E-state index in [1.54, 1.807) is 6.92 Å². The number of halogens is 1. The van der Waals surface area contributed by atoms with E-state index in [0.717, 1.165) is 30.9 Å². The van der Waals surface area contributed by atoms with Crippen LogP contribution in [0.25, 0.3) is 0 Å². The van der Waals surface area contributed by atoms with Gasteiger partial charge in [-0.3, -0.25) is 0 Å². The van der Waals surface area contributed by atoms with Crippen LogP contribution in [0.2, 0.25) is 0 Å². The topological polar surface area (TPSA) is 48.4 Å². The monoisotopic (exact) mass is 251 g/mol. The van der Waals surface area contributed by atoms with Crippen molar-refractivity contribution in [1.82, 2.24) is 10.3 Å². The molecule has 0 bridgehead atoms. The molecule has 0 amide bonds. The van der Waals surface area contributed by atoms with Crippen molar-refractivity contribution in [3.05, 3.63) is 23.1 Å². The molecular weight excluding hydrogens is 233 g/mol. The molecule has 98 valence electrons. The summed E-state index contributed by atoms with van der Waals surface area (Å²) < 4.78 is 13.8. The lowest BCUT2D eigenvalue weighted by molar-refractivity contribution is 0.188. The number of piperazine rings is 1. The average Bonchev–Trinajstić information content (AvgIpc) is 2.65. The first-order chi connectivity index (χ1) is 8.58. The van der Waals surface area contributed by atoms with E-state index in [1.165, 1.54) is 6.07 Å². The number of fused-ring (bicyclic) bond motifs is 3. The summed E-state index contributed by atoms with van der Waals surface area (Å²) in [5.74, 6) is 0.454. The molecule has 2 N–H and O–H groups in total. The van der Waals surface area contributed by atoms with Crippen LogP contribution >= 0.6 is 0 Å². The van der Waals surface area contributed by atoms with Crippen molar-refractivity contribution >= 4 is 5.82 Å². The molecule has 4 nitrogen and oxygen atoms in total. The number of aliphatic hydroxyl groups excluding tert-OH is 1. The number of nitrogens with one attached hydrogen (secondary N) is 1. The summed E-state index contributed by atoms with van der Waals surface area (Å²) in [7, 11) is 0. The van der Waals surface area contributed by atoms with Crippen LogP contribution in [0.1, 0.15) is 31.2 Å². The van der Waals surface area contributed by atoms with Gasteiger partial charge >= 0.3 is 0 Å². The average molecular weight is 251 g/mol. The zero-order chi connectivity index (χ0) is 12.9. The van der Waals surface area contributed by atoms with Crippen LogP contribution < -0.4 is 10.2 Å². The van der Waals surface area contributed by atoms with E-state index in [-0.39, 0.29) is 5.69 Å². The fraction of sp³-hybridized carbons (Fsp3) is 0.615. The van der Waals surface area contributed by atoms with Gasteiger partial charge in [-0.2, -0.15) is 0 Å². The highest BCUT2D eigenvalue weighted by Gasteiger charge is 2.37. The summed E-state index contributed by atoms with van der Waals surface area (Å²) in [6.45, 7) is 5.51. The van der Waals surface area contributed by atoms with Gasteiger partial charge in [0.15, 0.2) is 0 Å². The highest BCUT2D eigenvalue weighted by atomic mass is 19.1. The smallest absolute Gasteiger partial charge is 0.147 e. The van der Waals surface area contributed by atoms with Crippen LogP contribution in [0.3, 0.4) is 0 Å². The Kier molecular flexibility index (Phi) is 2.75. The highest BCUT2D eigenvalue weighted by Crippen LogP contribution is 2.35. The summed E-state index contributed by atoms with van der Waals surface area (Å²) in [5, 5.41) is 12.9. The van der Waals surface area contributed by atoms with Gasteiger partial charge < -0.3 is 15.3 Å². The van der Waals surface area contributed by atoms with Gasteiger partial charge in [0.2, 0.25) is 0 Å². The molecule has 2 aliphatic rings. The van der Waals surface area contributed by atoms with E-state index in [4.69, 9.17) is 0 Å². The molecule has 0 saturated carbocycles. The number of pyridine rings is 1. The molecule has 1 aromatic rings. The van der Waals surface area contributed by atoms with Gasteiger partial charge in [-0.05, 0) is 31.9 Å². The molecule has 0 aliphatic carbocycles. The van der Waals surface area contributed by atoms with E-state index >= 15 is 0 Å². The molecule has 3 atom stereocenters. The second-order valence-corrected chi connectivity index (χ2v) is 5.29. The minimum Gasteiger partial charge on any atom is -0.387 e. The zero-order valence-electron chi connectivity index (χ0n) is 10.7. The maximum Gasteiger partial charge on any atom is 0.147 e. The maximum atomic E-state index is 13.8. The predicted molar refractivity (Wildman–Crippen MR) is 67.1 cm³/mol. The highest BCUT2D eigenvalue weighted by molar-refractivity contribution is 5.56. The van der Waals surface area contributed by atoms with E-state index in [9.17, 15) is 9.50 Å². The van der Waals surface area contributed by atoms with Gasteiger partial charge in [0.25, 0.3) is 0 Å². The Balaban J connectivity index is 2.06. The minimum atomic E-state index is -0.868. The lowest BCUT2D eigenvalue weighted by Crippen LogP contribution is -2.55. The Morgan fingerprint density at radius 3 is 3.06 bits per heavy atom. The van der Waals surface area contributed by atoms with Crippen molar-refractivity contribution in [3.8, 4) is 0 Å². The van der Waals surface area contributed by atoms with E-state index in [1.807, 2.05) is 0 Å². The largest absolute Gasteiger partial charge is 0.387 e. The van der Waals surface area contributed by atoms with Crippen molar-refractivity contribution in [2.24, 2.45) is 0 Å². The third-order valence-corrected chi connectivity index (χ3v) is 3.84. The molecule has 3 heterocycles. The molecule has 1 aromatic heterocycles. The van der Waals surface area contributed by atoms with Gasteiger partial charge in [-0.1, -0.05) is 0 Å². The molecule has 0 aromatic carbocycles. The van der Waals surface area contributed by atoms with Gasteiger partial charge in [0, 0.05) is 25.2 Å². The summed E-state index contributed by atoms with van der Waals surface area (Å²) in [6, 6.07) is 2.25. The standard InChI is InChI=1S/C13H18FN3O/c1-7-5-15-6-10-3-9-4-11(14)12(8(2)18)16-13(9)17(7)10/h4,7-8,10,15,18H,3,5-6H2,1-2H3/t7-,8+,10-/m1/s1. The summed E-state index contributed by atoms with van der Waals surface area (Å²) in [4.78, 5) is 6.62. The van der Waals surface area contributed by atoms with Crippen LogP contribution in [-0.4, -0.2) is 35.3 Å². The Bertz CT molecular complexity index is 478. The van der Waals surface area contributed by atoms with Crippen molar-refractivity contribution in [2.75, 3.05) is 18.0 Å². The minimum absolute atomic E-state index is 0.153. The number of nitrogens with zero attached hydrogens (tertiary/aromatic N) is 2. The molecule has 0 radical (unpaired) electrons. The molecule has 18 heavy (non-hydrogen) atoms. The van der Waals surface area contributed by atoms with E-state index < -0.39 is 11.9 Å². The van der Waals surface area contributed by atoms with Crippen LogP contribution in [-0.2, 0) is 6.42 Å². The number of aliphatic hydroxyl groups is 1. The van der Waals surface area contributed by atoms with Crippen molar-refractivity contribution in [2.45, 2.75) is 38.5 Å². The maximum absolute atomic E-state index is 13.8. The first kappa shape index (κ1) is 11.9. The molecular formula is C13H18FN3O. The summed E-state index contributed by atoms with van der Waals surface area (Å²) in [6.07, 6.45) is -0.0379. The van der Waals surface area contributed by atoms with Crippen molar-refractivity contribution in [3.63, 3.8) is 0 Å². The Labute approximate surface area is 106 Å². The third-order valence-electron chi connectivity index (χ3n) is 3.84. The van der Waals surface area contributed by atoms with Crippen LogP contribution in [0.4, 0.5) is 10.2 Å². The molecule has 5 heteroatoms. The molecule has 0 unspecified atom stereocenters. The van der Waals surface area contributed by atoms with Gasteiger partial charge in [0.05, 0.1) is 6.10 Å². The molecule has 2 aliphatic heterocycles. The van der Waals surface area contributed by atoms with Gasteiger partial charge in [-0.15, -0.1) is 0 Å². The lowest BCUT2D eigenvalue weighted by atomic mass is 10.1. The fourth-order valence-electron chi connectivity index (χ4n) is 3.02.